The number of likely N-dealkylation sites (tertiary alicyclic amines) is 1. The first-order valence-corrected chi connectivity index (χ1v) is 7.67. The Morgan fingerprint density at radius 2 is 2.25 bits per heavy atom. The number of carbonyl (C=O) groups is 1. The van der Waals surface area contributed by atoms with Crippen molar-refractivity contribution in [1.82, 2.24) is 4.90 Å². The highest BCUT2D eigenvalue weighted by molar-refractivity contribution is 9.10. The van der Waals surface area contributed by atoms with Gasteiger partial charge in [-0.05, 0) is 54.2 Å². The van der Waals surface area contributed by atoms with Crippen LogP contribution in [0.5, 0.6) is 11.5 Å². The Bertz CT molecular complexity index is 478. The molecule has 0 spiro atoms. The van der Waals surface area contributed by atoms with E-state index in [-0.39, 0.29) is 12.5 Å². The molecule has 110 valence electrons. The van der Waals surface area contributed by atoms with Crippen molar-refractivity contribution in [2.24, 2.45) is 0 Å². The van der Waals surface area contributed by atoms with Gasteiger partial charge in [0.05, 0.1) is 11.6 Å². The van der Waals surface area contributed by atoms with E-state index >= 15 is 0 Å². The molecule has 0 radical (unpaired) electrons. The molecule has 1 aromatic carbocycles. The van der Waals surface area contributed by atoms with Crippen molar-refractivity contribution in [3.05, 3.63) is 22.7 Å². The zero-order valence-corrected chi connectivity index (χ0v) is 13.5. The van der Waals surface area contributed by atoms with E-state index < -0.39 is 0 Å². The lowest BCUT2D eigenvalue weighted by Gasteiger charge is -2.33. The first kappa shape index (κ1) is 15.2. The Balaban J connectivity index is 1.96. The van der Waals surface area contributed by atoms with Crippen LogP contribution in [0.25, 0.3) is 0 Å². The Hall–Kier alpha value is -1.23. The number of hydrogen-bond donors (Lipinski definition) is 0. The molecular formula is C15H20BrNO3. The summed E-state index contributed by atoms with van der Waals surface area (Å²) in [6.07, 6.45) is 3.36. The Kier molecular flexibility index (Phi) is 5.29. The van der Waals surface area contributed by atoms with Crippen LogP contribution >= 0.6 is 15.9 Å². The van der Waals surface area contributed by atoms with Gasteiger partial charge in [0.2, 0.25) is 0 Å². The molecule has 1 unspecified atom stereocenters. The van der Waals surface area contributed by atoms with Crippen molar-refractivity contribution >= 4 is 21.8 Å². The van der Waals surface area contributed by atoms with Crippen LogP contribution < -0.4 is 9.47 Å². The fourth-order valence-corrected chi connectivity index (χ4v) is 2.77. The molecule has 1 saturated heterocycles. The van der Waals surface area contributed by atoms with E-state index in [1.54, 1.807) is 13.2 Å². The van der Waals surface area contributed by atoms with E-state index in [2.05, 4.69) is 22.9 Å². The molecule has 20 heavy (non-hydrogen) atoms. The van der Waals surface area contributed by atoms with Crippen LogP contribution in [-0.4, -0.2) is 37.1 Å². The van der Waals surface area contributed by atoms with Crippen LogP contribution in [0.4, 0.5) is 0 Å². The van der Waals surface area contributed by atoms with Crippen molar-refractivity contribution in [1.29, 1.82) is 0 Å². The van der Waals surface area contributed by atoms with Gasteiger partial charge in [0.1, 0.15) is 11.5 Å². The molecule has 1 aromatic rings. The van der Waals surface area contributed by atoms with E-state index in [0.29, 0.717) is 17.5 Å². The fraction of sp³-hybridized carbons (Fsp3) is 0.533. The summed E-state index contributed by atoms with van der Waals surface area (Å²) in [6, 6.07) is 5.78. The first-order valence-electron chi connectivity index (χ1n) is 6.87. The van der Waals surface area contributed by atoms with Gasteiger partial charge in [0.15, 0.2) is 6.61 Å². The van der Waals surface area contributed by atoms with Gasteiger partial charge in [0.25, 0.3) is 5.91 Å². The Morgan fingerprint density at radius 3 is 2.95 bits per heavy atom. The number of methoxy groups -OCH3 is 1. The predicted molar refractivity (Wildman–Crippen MR) is 81.2 cm³/mol. The minimum Gasteiger partial charge on any atom is -0.497 e. The summed E-state index contributed by atoms with van der Waals surface area (Å²) < 4.78 is 11.6. The number of carbonyl (C=O) groups excluding carboxylic acids is 1. The second-order valence-electron chi connectivity index (χ2n) is 5.02. The van der Waals surface area contributed by atoms with Crippen LogP contribution in [0, 0.1) is 0 Å². The third-order valence-corrected chi connectivity index (χ3v) is 4.27. The van der Waals surface area contributed by atoms with Crippen LogP contribution in [0.15, 0.2) is 22.7 Å². The molecule has 0 N–H and O–H groups in total. The molecule has 0 bridgehead atoms. The lowest BCUT2D eigenvalue weighted by Crippen LogP contribution is -2.44. The molecule has 1 amide bonds. The first-order chi connectivity index (χ1) is 9.61. The van der Waals surface area contributed by atoms with E-state index in [1.165, 1.54) is 6.42 Å². The Morgan fingerprint density at radius 1 is 1.45 bits per heavy atom. The summed E-state index contributed by atoms with van der Waals surface area (Å²) in [5.41, 5.74) is 0. The van der Waals surface area contributed by atoms with Gasteiger partial charge in [-0.25, -0.2) is 0 Å². The maximum atomic E-state index is 12.2. The zero-order valence-electron chi connectivity index (χ0n) is 11.9. The molecule has 2 rings (SSSR count). The van der Waals surface area contributed by atoms with E-state index in [9.17, 15) is 4.79 Å². The molecule has 1 aliphatic heterocycles. The molecule has 5 heteroatoms. The lowest BCUT2D eigenvalue weighted by atomic mass is 10.0. The summed E-state index contributed by atoms with van der Waals surface area (Å²) in [7, 11) is 1.60. The number of ether oxygens (including phenoxy) is 2. The highest BCUT2D eigenvalue weighted by Gasteiger charge is 2.23. The topological polar surface area (TPSA) is 38.8 Å². The average molecular weight is 342 g/mol. The summed E-state index contributed by atoms with van der Waals surface area (Å²) >= 11 is 3.41. The number of amides is 1. The highest BCUT2D eigenvalue weighted by Crippen LogP contribution is 2.29. The van der Waals surface area contributed by atoms with Gasteiger partial charge in [-0.1, -0.05) is 0 Å². The summed E-state index contributed by atoms with van der Waals surface area (Å²) in [5, 5.41) is 0. The van der Waals surface area contributed by atoms with Crippen LogP contribution in [0.3, 0.4) is 0 Å². The standard InChI is InChI=1S/C15H20BrNO3/c1-11-5-3-4-8-17(11)15(18)10-20-14-9-12(19-2)6-7-13(14)16/h6-7,9,11H,3-5,8,10H2,1-2H3. The number of hydrogen-bond acceptors (Lipinski definition) is 3. The van der Waals surface area contributed by atoms with Crippen molar-refractivity contribution < 1.29 is 14.3 Å². The average Bonchev–Trinajstić information content (AvgIpc) is 2.46. The molecule has 0 saturated carbocycles. The monoisotopic (exact) mass is 341 g/mol. The number of piperidine rings is 1. The van der Waals surface area contributed by atoms with Gasteiger partial charge >= 0.3 is 0 Å². The minimum absolute atomic E-state index is 0.0481. The third kappa shape index (κ3) is 3.66. The van der Waals surface area contributed by atoms with Gasteiger partial charge in [-0.3, -0.25) is 4.79 Å². The SMILES string of the molecule is COc1ccc(Br)c(OCC(=O)N2CCCCC2C)c1. The van der Waals surface area contributed by atoms with E-state index in [1.807, 2.05) is 17.0 Å². The zero-order chi connectivity index (χ0) is 14.5. The van der Waals surface area contributed by atoms with Crippen LogP contribution in [0.1, 0.15) is 26.2 Å². The van der Waals surface area contributed by atoms with E-state index in [4.69, 9.17) is 9.47 Å². The normalized spacial score (nSPS) is 18.8. The maximum absolute atomic E-state index is 12.2. The fourth-order valence-electron chi connectivity index (χ4n) is 2.41. The van der Waals surface area contributed by atoms with Crippen molar-refractivity contribution in [3.63, 3.8) is 0 Å². The van der Waals surface area contributed by atoms with E-state index in [0.717, 1.165) is 23.9 Å². The number of rotatable bonds is 4. The minimum atomic E-state index is 0.0481. The summed E-state index contributed by atoms with van der Waals surface area (Å²) in [6.45, 7) is 3.00. The molecule has 1 fully saturated rings. The van der Waals surface area contributed by atoms with Crippen molar-refractivity contribution in [2.75, 3.05) is 20.3 Å². The number of benzene rings is 1. The molecule has 1 atom stereocenters. The highest BCUT2D eigenvalue weighted by atomic mass is 79.9. The molecule has 0 aliphatic carbocycles. The third-order valence-electron chi connectivity index (χ3n) is 3.61. The second-order valence-corrected chi connectivity index (χ2v) is 5.87. The van der Waals surface area contributed by atoms with Gasteiger partial charge < -0.3 is 14.4 Å². The van der Waals surface area contributed by atoms with Crippen LogP contribution in [0.2, 0.25) is 0 Å². The quantitative estimate of drug-likeness (QED) is 0.843. The molecular weight excluding hydrogens is 322 g/mol. The summed E-state index contributed by atoms with van der Waals surface area (Å²) in [5.74, 6) is 1.39. The van der Waals surface area contributed by atoms with Gasteiger partial charge in [-0.2, -0.15) is 0 Å². The van der Waals surface area contributed by atoms with Crippen molar-refractivity contribution in [2.45, 2.75) is 32.2 Å². The molecule has 1 heterocycles. The van der Waals surface area contributed by atoms with Gasteiger partial charge in [-0.15, -0.1) is 0 Å². The Labute approximate surface area is 128 Å². The molecule has 0 aromatic heterocycles. The lowest BCUT2D eigenvalue weighted by molar-refractivity contribution is -0.136. The molecule has 1 aliphatic rings. The maximum Gasteiger partial charge on any atom is 0.260 e. The molecule has 4 nitrogen and oxygen atoms in total. The smallest absolute Gasteiger partial charge is 0.260 e. The number of halogens is 1. The van der Waals surface area contributed by atoms with Gasteiger partial charge in [0, 0.05) is 18.7 Å². The number of nitrogens with zero attached hydrogens (tertiary/aromatic N) is 1. The second kappa shape index (κ2) is 6.97. The summed E-state index contributed by atoms with van der Waals surface area (Å²) in [4.78, 5) is 14.1. The predicted octanol–water partition coefficient (Wildman–Crippen LogP) is 3.24. The van der Waals surface area contributed by atoms with Crippen LogP contribution in [-0.2, 0) is 4.79 Å². The largest absolute Gasteiger partial charge is 0.497 e. The van der Waals surface area contributed by atoms with Crippen molar-refractivity contribution in [3.8, 4) is 11.5 Å².